The number of nitrogens with zero attached hydrogens (tertiary/aromatic N) is 3. The second kappa shape index (κ2) is 7.98. The minimum absolute atomic E-state index is 0.0603. The molecule has 0 bridgehead atoms. The molecular formula is C21H32N4O2. The molecule has 0 aliphatic carbocycles. The number of likely N-dealkylation sites (N-methyl/N-ethyl adjacent to an activating group) is 1. The number of benzene rings is 1. The molecule has 6 nitrogen and oxygen atoms in total. The monoisotopic (exact) mass is 372 g/mol. The maximum Gasteiger partial charge on any atom is 0.229 e. The molecule has 0 spiro atoms. The van der Waals surface area contributed by atoms with Crippen molar-refractivity contribution >= 4 is 17.5 Å². The molecule has 1 N–H and O–H groups in total. The molecule has 2 fully saturated rings. The van der Waals surface area contributed by atoms with Gasteiger partial charge in [0.25, 0.3) is 0 Å². The van der Waals surface area contributed by atoms with E-state index in [0.717, 1.165) is 38.4 Å². The Morgan fingerprint density at radius 3 is 2.30 bits per heavy atom. The number of carbonyl (C=O) groups is 2. The Labute approximate surface area is 162 Å². The van der Waals surface area contributed by atoms with E-state index in [2.05, 4.69) is 34.3 Å². The van der Waals surface area contributed by atoms with E-state index >= 15 is 0 Å². The van der Waals surface area contributed by atoms with E-state index < -0.39 is 0 Å². The first-order valence-electron chi connectivity index (χ1n) is 9.83. The van der Waals surface area contributed by atoms with Crippen molar-refractivity contribution in [2.75, 3.05) is 45.1 Å². The molecule has 0 saturated carbocycles. The molecular weight excluding hydrogens is 340 g/mol. The summed E-state index contributed by atoms with van der Waals surface area (Å²) in [6.07, 6.45) is 0.296. The lowest BCUT2D eigenvalue weighted by atomic mass is 10.1. The van der Waals surface area contributed by atoms with Crippen LogP contribution in [0.2, 0.25) is 0 Å². The minimum Gasteiger partial charge on any atom is -0.337 e. The fourth-order valence-electron chi connectivity index (χ4n) is 3.73. The predicted octanol–water partition coefficient (Wildman–Crippen LogP) is 2.02. The van der Waals surface area contributed by atoms with Gasteiger partial charge in [0.1, 0.15) is 0 Å². The Kier molecular flexibility index (Phi) is 5.86. The van der Waals surface area contributed by atoms with Gasteiger partial charge in [-0.25, -0.2) is 0 Å². The Hall–Kier alpha value is -1.92. The Morgan fingerprint density at radius 1 is 1.11 bits per heavy atom. The molecule has 148 valence electrons. The van der Waals surface area contributed by atoms with Gasteiger partial charge in [0.2, 0.25) is 11.8 Å². The van der Waals surface area contributed by atoms with Crippen LogP contribution in [0.3, 0.4) is 0 Å². The van der Waals surface area contributed by atoms with Crippen molar-refractivity contribution in [2.24, 2.45) is 5.92 Å². The third-order valence-corrected chi connectivity index (χ3v) is 5.53. The van der Waals surface area contributed by atoms with E-state index in [1.807, 2.05) is 32.9 Å². The molecule has 27 heavy (non-hydrogen) atoms. The largest absolute Gasteiger partial charge is 0.337 e. The first kappa shape index (κ1) is 19.8. The topological polar surface area (TPSA) is 55.9 Å². The van der Waals surface area contributed by atoms with Crippen LogP contribution in [-0.2, 0) is 16.1 Å². The van der Waals surface area contributed by atoms with Crippen LogP contribution in [-0.4, -0.2) is 71.8 Å². The average molecular weight is 373 g/mol. The third-order valence-electron chi connectivity index (χ3n) is 5.53. The molecule has 1 aromatic rings. The summed E-state index contributed by atoms with van der Waals surface area (Å²) in [6, 6.07) is 8.08. The molecule has 2 aliphatic rings. The highest BCUT2D eigenvalue weighted by atomic mass is 16.2. The lowest BCUT2D eigenvalue weighted by molar-refractivity contribution is -0.131. The van der Waals surface area contributed by atoms with Gasteiger partial charge < -0.3 is 15.1 Å². The Balaban J connectivity index is 1.52. The molecule has 0 radical (unpaired) electrons. The fourth-order valence-corrected chi connectivity index (χ4v) is 3.73. The Morgan fingerprint density at radius 2 is 1.74 bits per heavy atom. The zero-order valence-corrected chi connectivity index (χ0v) is 17.0. The molecule has 2 aliphatic heterocycles. The summed E-state index contributed by atoms with van der Waals surface area (Å²) in [5, 5.41) is 2.97. The molecule has 1 unspecified atom stereocenters. The lowest BCUT2D eigenvalue weighted by Gasteiger charge is -2.32. The molecule has 3 rings (SSSR count). The summed E-state index contributed by atoms with van der Waals surface area (Å²) in [5.74, 6) is -0.283. The fraction of sp³-hybridized carbons (Fsp3) is 0.619. The number of amides is 2. The summed E-state index contributed by atoms with van der Waals surface area (Å²) in [7, 11) is 2.16. The molecule has 1 atom stereocenters. The first-order valence-corrected chi connectivity index (χ1v) is 9.83. The number of carbonyl (C=O) groups excluding carboxylic acids is 2. The van der Waals surface area contributed by atoms with Gasteiger partial charge in [-0.1, -0.05) is 12.1 Å². The number of hydrogen-bond acceptors (Lipinski definition) is 4. The highest BCUT2D eigenvalue weighted by Gasteiger charge is 2.39. The van der Waals surface area contributed by atoms with Crippen LogP contribution in [0.1, 0.15) is 32.8 Å². The summed E-state index contributed by atoms with van der Waals surface area (Å²) >= 11 is 0. The third kappa shape index (κ3) is 5.08. The highest BCUT2D eigenvalue weighted by molar-refractivity contribution is 5.97. The van der Waals surface area contributed by atoms with Crippen molar-refractivity contribution < 1.29 is 9.59 Å². The standard InChI is InChI=1S/C21H32N4O2/c1-21(2,3)25-15-17(13-19(25)26)20(27)22-18-7-5-16(6-8-18)14-24-11-9-23(4)10-12-24/h5-8,17H,9-15H2,1-4H3,(H,22,27). The molecule has 2 saturated heterocycles. The number of nitrogens with one attached hydrogen (secondary N) is 1. The number of piperazine rings is 1. The van der Waals surface area contributed by atoms with Crippen LogP contribution in [0.25, 0.3) is 0 Å². The minimum atomic E-state index is -0.276. The maximum absolute atomic E-state index is 12.6. The van der Waals surface area contributed by atoms with Gasteiger partial charge >= 0.3 is 0 Å². The van der Waals surface area contributed by atoms with Crippen LogP contribution >= 0.6 is 0 Å². The van der Waals surface area contributed by atoms with Crippen LogP contribution < -0.4 is 5.32 Å². The van der Waals surface area contributed by atoms with E-state index in [1.54, 1.807) is 4.90 Å². The van der Waals surface area contributed by atoms with E-state index in [1.165, 1.54) is 5.56 Å². The van der Waals surface area contributed by atoms with Crippen molar-refractivity contribution in [3.63, 3.8) is 0 Å². The number of likely N-dealkylation sites (tertiary alicyclic amines) is 1. The van der Waals surface area contributed by atoms with Gasteiger partial charge in [0, 0.05) is 56.9 Å². The zero-order chi connectivity index (χ0) is 19.6. The number of anilines is 1. The lowest BCUT2D eigenvalue weighted by Crippen LogP contribution is -2.43. The number of hydrogen-bond donors (Lipinski definition) is 1. The van der Waals surface area contributed by atoms with Crippen molar-refractivity contribution in [3.8, 4) is 0 Å². The molecule has 1 aromatic carbocycles. The van der Waals surface area contributed by atoms with E-state index in [4.69, 9.17) is 0 Å². The molecule has 6 heteroatoms. The Bertz CT molecular complexity index is 672. The van der Waals surface area contributed by atoms with Gasteiger partial charge in [-0.3, -0.25) is 14.5 Å². The van der Waals surface area contributed by atoms with Gasteiger partial charge in [-0.15, -0.1) is 0 Å². The average Bonchev–Trinajstić information content (AvgIpc) is 3.01. The normalized spacial score (nSPS) is 22.3. The number of rotatable bonds is 4. The smallest absolute Gasteiger partial charge is 0.229 e. The highest BCUT2D eigenvalue weighted by Crippen LogP contribution is 2.26. The first-order chi connectivity index (χ1) is 12.7. The summed E-state index contributed by atoms with van der Waals surface area (Å²) < 4.78 is 0. The van der Waals surface area contributed by atoms with Crippen molar-refractivity contribution in [2.45, 2.75) is 39.3 Å². The molecule has 0 aromatic heterocycles. The second-order valence-electron chi connectivity index (χ2n) is 8.84. The van der Waals surface area contributed by atoms with Gasteiger partial charge in [-0.05, 0) is 45.5 Å². The molecule has 2 heterocycles. The van der Waals surface area contributed by atoms with Gasteiger partial charge in [-0.2, -0.15) is 0 Å². The second-order valence-corrected chi connectivity index (χ2v) is 8.84. The van der Waals surface area contributed by atoms with E-state index in [0.29, 0.717) is 13.0 Å². The van der Waals surface area contributed by atoms with E-state index in [-0.39, 0.29) is 23.3 Å². The zero-order valence-electron chi connectivity index (χ0n) is 17.0. The molecule has 2 amide bonds. The van der Waals surface area contributed by atoms with Gasteiger partial charge in [0.05, 0.1) is 5.92 Å². The predicted molar refractivity (Wildman–Crippen MR) is 107 cm³/mol. The van der Waals surface area contributed by atoms with E-state index in [9.17, 15) is 9.59 Å². The van der Waals surface area contributed by atoms with Gasteiger partial charge in [0.15, 0.2) is 0 Å². The van der Waals surface area contributed by atoms with Crippen LogP contribution in [0.15, 0.2) is 24.3 Å². The maximum atomic E-state index is 12.6. The van der Waals surface area contributed by atoms with Crippen LogP contribution in [0.5, 0.6) is 0 Å². The SMILES string of the molecule is CN1CCN(Cc2ccc(NC(=O)C3CC(=O)N(C(C)(C)C)C3)cc2)CC1. The van der Waals surface area contributed by atoms with Crippen molar-refractivity contribution in [3.05, 3.63) is 29.8 Å². The van der Waals surface area contributed by atoms with Crippen LogP contribution in [0.4, 0.5) is 5.69 Å². The quantitative estimate of drug-likeness (QED) is 0.879. The summed E-state index contributed by atoms with van der Waals surface area (Å²) in [5.41, 5.74) is 1.81. The van der Waals surface area contributed by atoms with Crippen LogP contribution in [0, 0.1) is 5.92 Å². The van der Waals surface area contributed by atoms with Crippen molar-refractivity contribution in [1.82, 2.24) is 14.7 Å². The summed E-state index contributed by atoms with van der Waals surface area (Å²) in [4.78, 5) is 31.4. The summed E-state index contributed by atoms with van der Waals surface area (Å²) in [6.45, 7) is 11.9. The van der Waals surface area contributed by atoms with Crippen molar-refractivity contribution in [1.29, 1.82) is 0 Å².